The Kier molecular flexibility index (Phi) is 5.78. The lowest BCUT2D eigenvalue weighted by Crippen LogP contribution is -2.47. The number of hydrogen-bond donors (Lipinski definition) is 2. The van der Waals surface area contributed by atoms with Gasteiger partial charge < -0.3 is 15.4 Å². The van der Waals surface area contributed by atoms with Gasteiger partial charge in [-0.3, -0.25) is 0 Å². The van der Waals surface area contributed by atoms with Gasteiger partial charge in [0, 0.05) is 24.6 Å². The van der Waals surface area contributed by atoms with Crippen molar-refractivity contribution < 1.29 is 4.74 Å². The highest BCUT2D eigenvalue weighted by Gasteiger charge is 2.23. The summed E-state index contributed by atoms with van der Waals surface area (Å²) in [5.41, 5.74) is 1.12. The van der Waals surface area contributed by atoms with E-state index in [0.29, 0.717) is 12.6 Å². The molecule has 2 heterocycles. The third-order valence-electron chi connectivity index (χ3n) is 5.20. The molecule has 7 heteroatoms. The first-order valence-corrected chi connectivity index (χ1v) is 10.4. The molecule has 4 rings (SSSR count). The van der Waals surface area contributed by atoms with Crippen molar-refractivity contribution in [3.8, 4) is 5.75 Å². The number of nitrogens with zero attached hydrogens (tertiary/aromatic N) is 4. The molecule has 2 N–H and O–H groups in total. The number of guanidine groups is 1. The normalized spacial score (nSPS) is 19.2. The van der Waals surface area contributed by atoms with Crippen molar-refractivity contribution >= 4 is 5.96 Å². The van der Waals surface area contributed by atoms with Gasteiger partial charge in [-0.25, -0.2) is 14.7 Å². The zero-order valence-corrected chi connectivity index (χ0v) is 16.8. The van der Waals surface area contributed by atoms with Crippen LogP contribution in [0.5, 0.6) is 5.75 Å². The minimum Gasteiger partial charge on any atom is -0.493 e. The molecular weight excluding hydrogens is 352 g/mol. The van der Waals surface area contributed by atoms with E-state index >= 15 is 0 Å². The van der Waals surface area contributed by atoms with E-state index < -0.39 is 0 Å². The molecule has 1 unspecified atom stereocenters. The predicted octanol–water partition coefficient (Wildman–Crippen LogP) is 2.45. The van der Waals surface area contributed by atoms with E-state index in [1.165, 1.54) is 12.8 Å². The van der Waals surface area contributed by atoms with Gasteiger partial charge >= 0.3 is 0 Å². The first-order valence-electron chi connectivity index (χ1n) is 10.4. The molecule has 0 radical (unpaired) electrons. The van der Waals surface area contributed by atoms with E-state index in [1.54, 1.807) is 0 Å². The molecule has 1 fully saturated rings. The third-order valence-corrected chi connectivity index (χ3v) is 5.20. The van der Waals surface area contributed by atoms with Gasteiger partial charge in [-0.2, -0.15) is 5.10 Å². The SMILES string of the molecule is CCNC(=NCc1ccccc1OCC1CC1)NC1CCc2nc(C)nn2C1. The van der Waals surface area contributed by atoms with Crippen molar-refractivity contribution in [3.05, 3.63) is 41.5 Å². The Morgan fingerprint density at radius 1 is 1.29 bits per heavy atom. The summed E-state index contributed by atoms with van der Waals surface area (Å²) >= 11 is 0. The average molecular weight is 383 g/mol. The second kappa shape index (κ2) is 8.63. The van der Waals surface area contributed by atoms with Gasteiger partial charge in [0.1, 0.15) is 17.4 Å². The van der Waals surface area contributed by atoms with Crippen molar-refractivity contribution in [1.82, 2.24) is 25.4 Å². The molecule has 0 saturated heterocycles. The monoisotopic (exact) mass is 382 g/mol. The van der Waals surface area contributed by atoms with Crippen LogP contribution in [0, 0.1) is 12.8 Å². The van der Waals surface area contributed by atoms with Crippen LogP contribution < -0.4 is 15.4 Å². The molecule has 1 aliphatic heterocycles. The number of nitrogens with one attached hydrogen (secondary N) is 2. The standard InChI is InChI=1S/C21H30N6O/c1-3-22-21(25-18-10-11-20-24-15(2)26-27(20)13-18)23-12-17-6-4-5-7-19(17)28-14-16-8-9-16/h4-7,16,18H,3,8-14H2,1-2H3,(H2,22,23,25). The summed E-state index contributed by atoms with van der Waals surface area (Å²) in [7, 11) is 0. The summed E-state index contributed by atoms with van der Waals surface area (Å²) in [6, 6.07) is 8.51. The maximum atomic E-state index is 6.02. The topological polar surface area (TPSA) is 76.4 Å². The largest absolute Gasteiger partial charge is 0.493 e. The minimum atomic E-state index is 0.299. The smallest absolute Gasteiger partial charge is 0.191 e. The number of aliphatic imine (C=N–C) groups is 1. The number of rotatable bonds is 7. The summed E-state index contributed by atoms with van der Waals surface area (Å²) in [6.07, 6.45) is 4.56. The van der Waals surface area contributed by atoms with Gasteiger partial charge in [-0.1, -0.05) is 18.2 Å². The fraction of sp³-hybridized carbons (Fsp3) is 0.571. The second-order valence-corrected chi connectivity index (χ2v) is 7.69. The molecule has 1 saturated carbocycles. The van der Waals surface area contributed by atoms with Crippen molar-refractivity contribution in [1.29, 1.82) is 0 Å². The molecule has 0 amide bonds. The van der Waals surface area contributed by atoms with Crippen molar-refractivity contribution in [3.63, 3.8) is 0 Å². The Balaban J connectivity index is 1.39. The molecule has 0 spiro atoms. The van der Waals surface area contributed by atoms with E-state index in [-0.39, 0.29) is 0 Å². The number of ether oxygens (including phenoxy) is 1. The highest BCUT2D eigenvalue weighted by molar-refractivity contribution is 5.80. The van der Waals surface area contributed by atoms with Gasteiger partial charge in [0.2, 0.25) is 0 Å². The van der Waals surface area contributed by atoms with Crippen LogP contribution in [0.4, 0.5) is 0 Å². The highest BCUT2D eigenvalue weighted by Crippen LogP contribution is 2.30. The zero-order chi connectivity index (χ0) is 19.3. The minimum absolute atomic E-state index is 0.299. The molecule has 2 aromatic rings. The van der Waals surface area contributed by atoms with Crippen LogP contribution in [0.25, 0.3) is 0 Å². The number of fused-ring (bicyclic) bond motifs is 1. The number of hydrogen-bond acceptors (Lipinski definition) is 4. The molecule has 1 aromatic carbocycles. The summed E-state index contributed by atoms with van der Waals surface area (Å²) in [4.78, 5) is 9.30. The van der Waals surface area contributed by atoms with Crippen LogP contribution in [0.2, 0.25) is 0 Å². The summed E-state index contributed by atoms with van der Waals surface area (Å²) < 4.78 is 8.03. The first kappa shape index (κ1) is 18.8. The molecule has 1 aliphatic carbocycles. The lowest BCUT2D eigenvalue weighted by atomic mass is 10.1. The third kappa shape index (κ3) is 4.82. The molecule has 28 heavy (non-hydrogen) atoms. The van der Waals surface area contributed by atoms with Crippen molar-refractivity contribution in [2.45, 2.75) is 58.7 Å². The molecule has 150 valence electrons. The molecule has 0 bridgehead atoms. The van der Waals surface area contributed by atoms with Gasteiger partial charge in [-0.05, 0) is 45.1 Å². The molecular formula is C21H30N6O. The van der Waals surface area contributed by atoms with Gasteiger partial charge in [0.05, 0.1) is 19.7 Å². The summed E-state index contributed by atoms with van der Waals surface area (Å²) in [5, 5.41) is 11.4. The van der Waals surface area contributed by atoms with E-state index in [1.807, 2.05) is 29.8 Å². The Hall–Kier alpha value is -2.57. The van der Waals surface area contributed by atoms with E-state index in [9.17, 15) is 0 Å². The van der Waals surface area contributed by atoms with Crippen LogP contribution in [0.1, 0.15) is 43.4 Å². The van der Waals surface area contributed by atoms with E-state index in [4.69, 9.17) is 9.73 Å². The van der Waals surface area contributed by atoms with Crippen LogP contribution in [0.15, 0.2) is 29.3 Å². The molecule has 1 atom stereocenters. The Labute approximate surface area is 166 Å². The fourth-order valence-corrected chi connectivity index (χ4v) is 3.50. The Bertz CT molecular complexity index is 826. The van der Waals surface area contributed by atoms with E-state index in [0.717, 1.165) is 67.4 Å². The molecule has 2 aliphatic rings. The van der Waals surface area contributed by atoms with Crippen LogP contribution in [-0.2, 0) is 19.5 Å². The predicted molar refractivity (Wildman–Crippen MR) is 109 cm³/mol. The van der Waals surface area contributed by atoms with Gasteiger partial charge in [0.25, 0.3) is 0 Å². The van der Waals surface area contributed by atoms with Crippen LogP contribution >= 0.6 is 0 Å². The summed E-state index contributed by atoms with van der Waals surface area (Å²) in [5.74, 6) is 4.46. The maximum absolute atomic E-state index is 6.02. The Morgan fingerprint density at radius 3 is 2.96 bits per heavy atom. The van der Waals surface area contributed by atoms with Crippen LogP contribution in [0.3, 0.4) is 0 Å². The molecule has 1 aromatic heterocycles. The summed E-state index contributed by atoms with van der Waals surface area (Å²) in [6.45, 7) is 7.09. The highest BCUT2D eigenvalue weighted by atomic mass is 16.5. The van der Waals surface area contributed by atoms with Crippen molar-refractivity contribution in [2.24, 2.45) is 10.9 Å². The molecule has 7 nitrogen and oxygen atoms in total. The van der Waals surface area contributed by atoms with Crippen molar-refractivity contribution in [2.75, 3.05) is 13.2 Å². The lowest BCUT2D eigenvalue weighted by Gasteiger charge is -2.25. The fourth-order valence-electron chi connectivity index (χ4n) is 3.50. The second-order valence-electron chi connectivity index (χ2n) is 7.69. The number of para-hydroxylation sites is 1. The average Bonchev–Trinajstić information content (AvgIpc) is 3.45. The number of benzene rings is 1. The van der Waals surface area contributed by atoms with Gasteiger partial charge in [0.15, 0.2) is 5.96 Å². The zero-order valence-electron chi connectivity index (χ0n) is 16.8. The van der Waals surface area contributed by atoms with Crippen LogP contribution in [-0.4, -0.2) is 39.9 Å². The van der Waals surface area contributed by atoms with E-state index in [2.05, 4.69) is 33.7 Å². The first-order chi connectivity index (χ1) is 13.7. The number of aromatic nitrogens is 3. The van der Waals surface area contributed by atoms with Gasteiger partial charge in [-0.15, -0.1) is 0 Å². The number of aryl methyl sites for hydroxylation is 2. The maximum Gasteiger partial charge on any atom is 0.191 e. The lowest BCUT2D eigenvalue weighted by molar-refractivity contribution is 0.297. The quantitative estimate of drug-likeness (QED) is 0.568. The Morgan fingerprint density at radius 2 is 2.14 bits per heavy atom.